The van der Waals surface area contributed by atoms with Crippen LogP contribution in [0.4, 0.5) is 0 Å². The summed E-state index contributed by atoms with van der Waals surface area (Å²) in [5, 5.41) is 46.1. The normalized spacial score (nSPS) is 49.4. The van der Waals surface area contributed by atoms with Crippen LogP contribution in [0, 0.1) is 34.5 Å². The molecule has 0 amide bonds. The highest BCUT2D eigenvalue weighted by molar-refractivity contribution is 6.00. The highest BCUT2D eigenvalue weighted by Crippen LogP contribution is 2.70. The van der Waals surface area contributed by atoms with E-state index in [4.69, 9.17) is 0 Å². The quantitative estimate of drug-likeness (QED) is 0.477. The van der Waals surface area contributed by atoms with Crippen molar-refractivity contribution in [3.8, 4) is 0 Å². The number of carbonyl (C=O) groups is 1. The lowest BCUT2D eigenvalue weighted by Crippen LogP contribution is -2.74. The van der Waals surface area contributed by atoms with Crippen molar-refractivity contribution in [2.24, 2.45) is 34.5 Å². The zero-order chi connectivity index (χ0) is 24.6. The molecule has 0 bridgehead atoms. The van der Waals surface area contributed by atoms with Gasteiger partial charge in [0, 0.05) is 17.3 Å². The number of hydrogen-bond donors (Lipinski definition) is 4. The van der Waals surface area contributed by atoms with Gasteiger partial charge in [-0.2, -0.15) is 0 Å². The lowest BCUT2D eigenvalue weighted by Gasteiger charge is -2.65. The minimum atomic E-state index is -1.81. The molecular formula is C28H44O5. The molecule has 0 aliphatic heterocycles. The zero-order valence-electron chi connectivity index (χ0n) is 21.3. The number of aliphatic hydroxyl groups is 4. The summed E-state index contributed by atoms with van der Waals surface area (Å²) in [5.41, 5.74) is -5.75. The van der Waals surface area contributed by atoms with Crippen LogP contribution in [0.1, 0.15) is 86.5 Å². The third-order valence-electron chi connectivity index (χ3n) is 10.9. The van der Waals surface area contributed by atoms with Gasteiger partial charge in [-0.1, -0.05) is 53.7 Å². The summed E-state index contributed by atoms with van der Waals surface area (Å²) in [6.45, 7) is 12.8. The molecule has 0 unspecified atom stereocenters. The Morgan fingerprint density at radius 1 is 0.909 bits per heavy atom. The third kappa shape index (κ3) is 3.15. The number of fused-ring (bicyclic) bond motifs is 5. The molecular weight excluding hydrogens is 416 g/mol. The molecule has 0 radical (unpaired) electrons. The number of allylic oxidation sites excluding steroid dienone is 2. The maximum absolute atomic E-state index is 13.3. The molecule has 4 aliphatic rings. The molecule has 33 heavy (non-hydrogen) atoms. The first kappa shape index (κ1) is 25.1. The second kappa shape index (κ2) is 7.74. The van der Waals surface area contributed by atoms with Gasteiger partial charge in [-0.3, -0.25) is 4.79 Å². The largest absolute Gasteiger partial charge is 0.393 e. The Balaban J connectivity index is 1.73. The van der Waals surface area contributed by atoms with Crippen LogP contribution in [-0.4, -0.2) is 49.1 Å². The van der Waals surface area contributed by atoms with E-state index in [1.807, 2.05) is 0 Å². The molecule has 0 aromatic rings. The first-order valence-electron chi connectivity index (χ1n) is 13.0. The lowest BCUT2D eigenvalue weighted by molar-refractivity contribution is -0.237. The van der Waals surface area contributed by atoms with Crippen LogP contribution >= 0.6 is 0 Å². The Bertz CT molecular complexity index is 878. The summed E-state index contributed by atoms with van der Waals surface area (Å²) < 4.78 is 0. The van der Waals surface area contributed by atoms with E-state index in [1.165, 1.54) is 6.08 Å². The summed E-state index contributed by atoms with van der Waals surface area (Å²) in [6, 6.07) is 0. The topological polar surface area (TPSA) is 98.0 Å². The summed E-state index contributed by atoms with van der Waals surface area (Å²) in [7, 11) is 0. The summed E-state index contributed by atoms with van der Waals surface area (Å²) >= 11 is 0. The van der Waals surface area contributed by atoms with Gasteiger partial charge < -0.3 is 20.4 Å². The fourth-order valence-corrected chi connectivity index (χ4v) is 7.89. The van der Waals surface area contributed by atoms with Crippen molar-refractivity contribution >= 4 is 5.78 Å². The van der Waals surface area contributed by atoms with Crippen molar-refractivity contribution in [1.82, 2.24) is 0 Å². The number of rotatable bonds is 4. The van der Waals surface area contributed by atoms with E-state index in [9.17, 15) is 25.2 Å². The van der Waals surface area contributed by atoms with Crippen molar-refractivity contribution in [3.05, 3.63) is 23.8 Å². The third-order valence-corrected chi connectivity index (χ3v) is 10.9. The van der Waals surface area contributed by atoms with E-state index in [2.05, 4.69) is 46.8 Å². The van der Waals surface area contributed by atoms with Gasteiger partial charge in [0.2, 0.25) is 0 Å². The molecule has 4 aliphatic carbocycles. The number of ketones is 1. The van der Waals surface area contributed by atoms with Gasteiger partial charge in [-0.05, 0) is 73.8 Å². The summed E-state index contributed by atoms with van der Waals surface area (Å²) in [4.78, 5) is 13.3. The lowest BCUT2D eigenvalue weighted by atomic mass is 9.42. The molecule has 5 heteroatoms. The molecule has 0 aromatic heterocycles. The Kier molecular flexibility index (Phi) is 5.89. The average molecular weight is 461 g/mol. The average Bonchev–Trinajstić information content (AvgIpc) is 3.02. The molecule has 0 aromatic carbocycles. The van der Waals surface area contributed by atoms with Crippen LogP contribution < -0.4 is 0 Å². The molecule has 0 spiro atoms. The van der Waals surface area contributed by atoms with E-state index >= 15 is 0 Å². The minimum absolute atomic E-state index is 0.0669. The molecule has 0 heterocycles. The number of carbonyl (C=O) groups excluding carboxylic acids is 1. The van der Waals surface area contributed by atoms with Crippen molar-refractivity contribution < 1.29 is 25.2 Å². The Labute approximate surface area is 199 Å². The molecule has 4 rings (SSSR count). The van der Waals surface area contributed by atoms with Crippen LogP contribution in [0.3, 0.4) is 0 Å². The van der Waals surface area contributed by atoms with Crippen LogP contribution in [-0.2, 0) is 4.79 Å². The maximum atomic E-state index is 13.3. The second-order valence-corrected chi connectivity index (χ2v) is 12.6. The van der Waals surface area contributed by atoms with Crippen LogP contribution in [0.25, 0.3) is 0 Å². The zero-order valence-corrected chi connectivity index (χ0v) is 21.3. The standard InChI is InChI=1S/C28H44O5/c1-17(2)18(3)7-8-19(4)21-10-12-26(31)22-15-23(30)28(33)16-20(29)9-11-25(28,6)27(22,32)14-13-24(21,26)5/h7-8,15,17-21,29,31-33H,9-14,16H2,1-6H3/b8-7-/t18-,19+,20-,21+,24+,25+,26+,27+,28-/m0/s1. The van der Waals surface area contributed by atoms with Gasteiger partial charge in [-0.15, -0.1) is 0 Å². The predicted molar refractivity (Wildman–Crippen MR) is 128 cm³/mol. The van der Waals surface area contributed by atoms with Gasteiger partial charge in [0.1, 0.15) is 5.60 Å². The fraction of sp³-hybridized carbons (Fsp3) is 0.821. The highest BCUT2D eigenvalue weighted by Gasteiger charge is 2.74. The van der Waals surface area contributed by atoms with Crippen molar-refractivity contribution in [3.63, 3.8) is 0 Å². The van der Waals surface area contributed by atoms with Crippen molar-refractivity contribution in [2.75, 3.05) is 0 Å². The monoisotopic (exact) mass is 460 g/mol. The SMILES string of the molecule is CC(C)[C@@H](C)/C=C\[C@@H](C)[C@H]1CC[C@@]2(O)C3=CC(=O)[C@@]4(O)C[C@@H](O)CC[C@]4(C)[C@@]3(O)CC[C@]12C. The fourth-order valence-electron chi connectivity index (χ4n) is 7.89. The predicted octanol–water partition coefficient (Wildman–Crippen LogP) is 3.93. The smallest absolute Gasteiger partial charge is 0.188 e. The molecule has 4 N–H and O–H groups in total. The van der Waals surface area contributed by atoms with E-state index in [0.717, 1.165) is 6.42 Å². The molecule has 5 nitrogen and oxygen atoms in total. The van der Waals surface area contributed by atoms with E-state index in [0.29, 0.717) is 49.5 Å². The van der Waals surface area contributed by atoms with Gasteiger partial charge in [-0.25, -0.2) is 0 Å². The van der Waals surface area contributed by atoms with Crippen molar-refractivity contribution in [2.45, 2.75) is 109 Å². The highest BCUT2D eigenvalue weighted by atomic mass is 16.3. The van der Waals surface area contributed by atoms with Gasteiger partial charge in [0.05, 0.1) is 17.3 Å². The summed E-state index contributed by atoms with van der Waals surface area (Å²) in [6.07, 6.45) is 8.21. The summed E-state index contributed by atoms with van der Waals surface area (Å²) in [5.74, 6) is 1.08. The molecule has 3 saturated carbocycles. The number of hydrogen-bond acceptors (Lipinski definition) is 5. The van der Waals surface area contributed by atoms with E-state index < -0.39 is 39.5 Å². The number of aliphatic hydroxyl groups excluding tert-OH is 1. The van der Waals surface area contributed by atoms with Crippen LogP contribution in [0.2, 0.25) is 0 Å². The van der Waals surface area contributed by atoms with Gasteiger partial charge in [0.15, 0.2) is 5.78 Å². The Morgan fingerprint density at radius 3 is 2.21 bits per heavy atom. The molecule has 9 atom stereocenters. The van der Waals surface area contributed by atoms with Gasteiger partial charge in [0.25, 0.3) is 0 Å². The maximum Gasteiger partial charge on any atom is 0.188 e. The molecule has 3 fully saturated rings. The van der Waals surface area contributed by atoms with E-state index in [1.54, 1.807) is 6.92 Å². The first-order valence-corrected chi connectivity index (χ1v) is 13.0. The van der Waals surface area contributed by atoms with Crippen molar-refractivity contribution in [1.29, 1.82) is 0 Å². The second-order valence-electron chi connectivity index (χ2n) is 12.6. The first-order chi connectivity index (χ1) is 15.2. The Morgan fingerprint density at radius 2 is 1.58 bits per heavy atom. The van der Waals surface area contributed by atoms with Gasteiger partial charge >= 0.3 is 0 Å². The van der Waals surface area contributed by atoms with E-state index in [-0.39, 0.29) is 18.3 Å². The minimum Gasteiger partial charge on any atom is -0.393 e. The Hall–Kier alpha value is -1.01. The van der Waals surface area contributed by atoms with Crippen LogP contribution in [0.15, 0.2) is 23.8 Å². The molecule has 186 valence electrons. The molecule has 0 saturated heterocycles. The van der Waals surface area contributed by atoms with Crippen LogP contribution in [0.5, 0.6) is 0 Å².